The van der Waals surface area contributed by atoms with Gasteiger partial charge in [0.05, 0.1) is 16.7 Å². The number of rotatable bonds is 3. The van der Waals surface area contributed by atoms with Gasteiger partial charge in [-0.1, -0.05) is 6.07 Å². The van der Waals surface area contributed by atoms with Crippen molar-refractivity contribution in [3.63, 3.8) is 0 Å². The number of nitrogens with one attached hydrogen (secondary N) is 2. The molecule has 136 valence electrons. The zero-order valence-electron chi connectivity index (χ0n) is 14.2. The van der Waals surface area contributed by atoms with Gasteiger partial charge in [-0.3, -0.25) is 13.9 Å². The second-order valence-corrected chi connectivity index (χ2v) is 8.83. The lowest BCUT2D eigenvalue weighted by Gasteiger charge is -2.11. The van der Waals surface area contributed by atoms with Crippen molar-refractivity contribution in [2.45, 2.75) is 11.3 Å². The summed E-state index contributed by atoms with van der Waals surface area (Å²) in [6.07, 6.45) is 0.937. The Kier molecular flexibility index (Phi) is 3.89. The molecule has 2 aromatic carbocycles. The van der Waals surface area contributed by atoms with E-state index in [1.54, 1.807) is 32.3 Å². The molecule has 0 saturated heterocycles. The van der Waals surface area contributed by atoms with Gasteiger partial charge in [0.1, 0.15) is 4.90 Å². The average molecular weight is 437 g/mol. The van der Waals surface area contributed by atoms with Crippen LogP contribution in [0.25, 0.3) is 11.0 Å². The van der Waals surface area contributed by atoms with Crippen molar-refractivity contribution in [1.29, 1.82) is 0 Å². The molecule has 0 radical (unpaired) electrons. The quantitative estimate of drug-likeness (QED) is 0.659. The van der Waals surface area contributed by atoms with Crippen molar-refractivity contribution in [2.24, 2.45) is 14.1 Å². The van der Waals surface area contributed by atoms with Gasteiger partial charge in [-0.15, -0.1) is 0 Å². The van der Waals surface area contributed by atoms with Gasteiger partial charge in [-0.2, -0.15) is 0 Å². The van der Waals surface area contributed by atoms with Crippen LogP contribution in [-0.2, 0) is 30.5 Å². The number of halogens is 1. The van der Waals surface area contributed by atoms with Gasteiger partial charge in [-0.25, -0.2) is 13.2 Å². The predicted molar refractivity (Wildman–Crippen MR) is 105 cm³/mol. The fourth-order valence-corrected chi connectivity index (χ4v) is 5.37. The molecular formula is C17H17BrN4O3S. The Bertz CT molecular complexity index is 1210. The van der Waals surface area contributed by atoms with Crippen LogP contribution in [0.2, 0.25) is 0 Å². The molecule has 0 amide bonds. The van der Waals surface area contributed by atoms with E-state index < -0.39 is 10.0 Å². The topological polar surface area (TPSA) is 85.1 Å². The van der Waals surface area contributed by atoms with Gasteiger partial charge < -0.3 is 5.32 Å². The number of hydrogen-bond donors (Lipinski definition) is 2. The monoisotopic (exact) mass is 436 g/mol. The molecule has 26 heavy (non-hydrogen) atoms. The Balaban J connectivity index is 1.79. The molecule has 0 spiro atoms. The molecule has 0 saturated carbocycles. The number of aromatic nitrogens is 2. The first kappa shape index (κ1) is 17.2. The van der Waals surface area contributed by atoms with Crippen molar-refractivity contribution in [3.8, 4) is 0 Å². The fraction of sp³-hybridized carbons (Fsp3) is 0.235. The fourth-order valence-electron chi connectivity index (χ4n) is 3.27. The Hall–Kier alpha value is -2.26. The highest BCUT2D eigenvalue weighted by molar-refractivity contribution is 9.10. The number of nitrogens with zero attached hydrogens (tertiary/aromatic N) is 2. The Morgan fingerprint density at radius 2 is 1.81 bits per heavy atom. The molecule has 1 aliphatic heterocycles. The van der Waals surface area contributed by atoms with E-state index in [0.29, 0.717) is 21.2 Å². The average Bonchev–Trinajstić information content (AvgIpc) is 3.13. The van der Waals surface area contributed by atoms with Gasteiger partial charge >= 0.3 is 5.69 Å². The van der Waals surface area contributed by atoms with Crippen LogP contribution in [0, 0.1) is 0 Å². The van der Waals surface area contributed by atoms with Crippen molar-refractivity contribution in [2.75, 3.05) is 16.6 Å². The SMILES string of the molecule is Cn1c(=O)n(C)c2cc(S(=O)(=O)Nc3ccc4c(c3)NCC4)c(Br)cc21. The second-order valence-electron chi connectivity index (χ2n) is 6.33. The number of sulfonamides is 1. The highest BCUT2D eigenvalue weighted by atomic mass is 79.9. The van der Waals surface area contributed by atoms with E-state index in [0.717, 1.165) is 18.7 Å². The van der Waals surface area contributed by atoms with Crippen molar-refractivity contribution in [3.05, 3.63) is 50.9 Å². The molecule has 1 aromatic heterocycles. The zero-order valence-corrected chi connectivity index (χ0v) is 16.6. The molecule has 0 bridgehead atoms. The third-order valence-corrected chi connectivity index (χ3v) is 7.03. The van der Waals surface area contributed by atoms with E-state index in [9.17, 15) is 13.2 Å². The van der Waals surface area contributed by atoms with Crippen LogP contribution in [0.15, 0.2) is 44.5 Å². The van der Waals surface area contributed by atoms with Gasteiger partial charge in [-0.05, 0) is 52.2 Å². The summed E-state index contributed by atoms with van der Waals surface area (Å²) < 4.78 is 31.8. The summed E-state index contributed by atoms with van der Waals surface area (Å²) in [5.41, 5.74) is 3.62. The molecule has 2 N–H and O–H groups in total. The minimum Gasteiger partial charge on any atom is -0.384 e. The number of imidazole rings is 1. The van der Waals surface area contributed by atoms with E-state index in [4.69, 9.17) is 0 Å². The molecule has 3 aromatic rings. The number of hydrogen-bond acceptors (Lipinski definition) is 4. The normalized spacial score (nSPS) is 13.7. The third kappa shape index (κ3) is 2.62. The van der Waals surface area contributed by atoms with Crippen molar-refractivity contribution < 1.29 is 8.42 Å². The predicted octanol–water partition coefficient (Wildman–Crippen LogP) is 2.41. The van der Waals surface area contributed by atoms with Gasteiger partial charge in [0.15, 0.2) is 0 Å². The first-order chi connectivity index (χ1) is 12.3. The summed E-state index contributed by atoms with van der Waals surface area (Å²) in [6, 6.07) is 8.63. The number of anilines is 2. The van der Waals surface area contributed by atoms with Crippen LogP contribution < -0.4 is 15.7 Å². The molecule has 0 atom stereocenters. The minimum atomic E-state index is -3.82. The Labute approximate surface area is 158 Å². The summed E-state index contributed by atoms with van der Waals surface area (Å²) in [5.74, 6) is 0. The maximum atomic E-state index is 12.9. The van der Waals surface area contributed by atoms with Gasteiger partial charge in [0.25, 0.3) is 10.0 Å². The van der Waals surface area contributed by atoms with E-state index in [-0.39, 0.29) is 10.6 Å². The highest BCUT2D eigenvalue weighted by Crippen LogP contribution is 2.31. The molecule has 1 aliphatic rings. The lowest BCUT2D eigenvalue weighted by molar-refractivity contribution is 0.601. The van der Waals surface area contributed by atoms with Crippen LogP contribution >= 0.6 is 15.9 Å². The summed E-state index contributed by atoms with van der Waals surface area (Å²) in [6.45, 7) is 0.857. The summed E-state index contributed by atoms with van der Waals surface area (Å²) in [5, 5.41) is 3.23. The maximum absolute atomic E-state index is 12.9. The molecule has 4 rings (SSSR count). The molecule has 0 fully saturated rings. The smallest absolute Gasteiger partial charge is 0.328 e. The zero-order chi connectivity index (χ0) is 18.6. The molecule has 9 heteroatoms. The Morgan fingerprint density at radius 3 is 2.54 bits per heavy atom. The lowest BCUT2D eigenvalue weighted by atomic mass is 10.1. The van der Waals surface area contributed by atoms with Crippen LogP contribution in [0.4, 0.5) is 11.4 Å². The summed E-state index contributed by atoms with van der Waals surface area (Å²) in [4.78, 5) is 12.2. The van der Waals surface area contributed by atoms with Gasteiger partial charge in [0, 0.05) is 30.8 Å². The number of fused-ring (bicyclic) bond motifs is 2. The third-order valence-electron chi connectivity index (χ3n) is 4.69. The van der Waals surface area contributed by atoms with E-state index in [2.05, 4.69) is 26.0 Å². The van der Waals surface area contributed by atoms with Crippen LogP contribution in [0.5, 0.6) is 0 Å². The van der Waals surface area contributed by atoms with E-state index in [1.165, 1.54) is 20.8 Å². The first-order valence-electron chi connectivity index (χ1n) is 8.02. The molecule has 0 unspecified atom stereocenters. The van der Waals surface area contributed by atoms with E-state index in [1.807, 2.05) is 6.07 Å². The van der Waals surface area contributed by atoms with E-state index >= 15 is 0 Å². The molecule has 2 heterocycles. The van der Waals surface area contributed by atoms with Gasteiger partial charge in [0.2, 0.25) is 0 Å². The lowest BCUT2D eigenvalue weighted by Crippen LogP contribution is -2.19. The molecule has 7 nitrogen and oxygen atoms in total. The van der Waals surface area contributed by atoms with Crippen LogP contribution in [-0.4, -0.2) is 24.1 Å². The second kappa shape index (κ2) is 5.88. The van der Waals surface area contributed by atoms with Crippen LogP contribution in [0.1, 0.15) is 5.56 Å². The minimum absolute atomic E-state index is 0.0830. The van der Waals surface area contributed by atoms with Crippen molar-refractivity contribution in [1.82, 2.24) is 9.13 Å². The number of benzene rings is 2. The summed E-state index contributed by atoms with van der Waals surface area (Å²) in [7, 11) is -0.549. The molecular weight excluding hydrogens is 420 g/mol. The Morgan fingerprint density at radius 1 is 1.12 bits per heavy atom. The largest absolute Gasteiger partial charge is 0.384 e. The highest BCUT2D eigenvalue weighted by Gasteiger charge is 2.22. The number of aryl methyl sites for hydroxylation is 2. The van der Waals surface area contributed by atoms with Crippen LogP contribution in [0.3, 0.4) is 0 Å². The molecule has 0 aliphatic carbocycles. The first-order valence-corrected chi connectivity index (χ1v) is 10.3. The standard InChI is InChI=1S/C17H17BrN4O3S/c1-21-14-8-12(18)16(9-15(14)22(2)17(21)23)26(24,25)20-11-4-3-10-5-6-19-13(10)7-11/h3-4,7-9,19-20H,5-6H2,1-2H3. The summed E-state index contributed by atoms with van der Waals surface area (Å²) >= 11 is 3.33. The van der Waals surface area contributed by atoms with Crippen molar-refractivity contribution >= 4 is 48.4 Å². The maximum Gasteiger partial charge on any atom is 0.328 e.